The van der Waals surface area contributed by atoms with Crippen molar-refractivity contribution in [3.63, 3.8) is 0 Å². The Bertz CT molecular complexity index is 1880. The molecule has 1 aromatic carbocycles. The molecule has 1 saturated heterocycles. The van der Waals surface area contributed by atoms with Crippen LogP contribution in [0.15, 0.2) is 48.9 Å². The number of carbonyl (C=O) groups is 3. The second kappa shape index (κ2) is 10.3. The fraction of sp³-hybridized carbons (Fsp3) is 0.355. The van der Waals surface area contributed by atoms with Crippen molar-refractivity contribution >= 4 is 45.3 Å². The predicted octanol–water partition coefficient (Wildman–Crippen LogP) is 4.45. The number of nitrogens with zero attached hydrogens (tertiary/aromatic N) is 5. The highest BCUT2D eigenvalue weighted by Crippen LogP contribution is 2.41. The van der Waals surface area contributed by atoms with Gasteiger partial charge in [0.05, 0.1) is 29.4 Å². The molecule has 0 saturated carbocycles. The van der Waals surface area contributed by atoms with E-state index < -0.39 is 24.0 Å². The molecule has 1 aliphatic carbocycles. The molecule has 3 aromatic heterocycles. The van der Waals surface area contributed by atoms with Crippen molar-refractivity contribution in [3.8, 4) is 0 Å². The minimum absolute atomic E-state index is 0.0184. The van der Waals surface area contributed by atoms with E-state index in [0.717, 1.165) is 0 Å². The molecule has 1 fully saturated rings. The Morgan fingerprint density at radius 2 is 1.75 bits per heavy atom. The van der Waals surface area contributed by atoms with Crippen LogP contribution in [0.1, 0.15) is 36.1 Å². The molecule has 0 radical (unpaired) electrons. The third-order valence-corrected chi connectivity index (χ3v) is 8.92. The van der Waals surface area contributed by atoms with E-state index in [9.17, 15) is 32.7 Å². The Morgan fingerprint density at radius 1 is 1.00 bits per heavy atom. The van der Waals surface area contributed by atoms with Gasteiger partial charge in [-0.2, -0.15) is 13.2 Å². The molecule has 1 atom stereocenters. The number of aromatic nitrogens is 3. The molecule has 1 N–H and O–H groups in total. The van der Waals surface area contributed by atoms with Gasteiger partial charge in [-0.3, -0.25) is 14.0 Å². The van der Waals surface area contributed by atoms with Gasteiger partial charge in [0.1, 0.15) is 11.5 Å². The van der Waals surface area contributed by atoms with Crippen molar-refractivity contribution in [2.75, 3.05) is 19.6 Å². The molecule has 2 aliphatic heterocycles. The first kappa shape index (κ1) is 28.3. The Labute approximate surface area is 248 Å². The lowest BCUT2D eigenvalue weighted by atomic mass is 9.91. The van der Waals surface area contributed by atoms with Crippen LogP contribution in [0.3, 0.4) is 0 Å². The molecule has 13 heteroatoms. The summed E-state index contributed by atoms with van der Waals surface area (Å²) in [7, 11) is 0. The minimum atomic E-state index is -4.71. The molecule has 44 heavy (non-hydrogen) atoms. The number of aliphatic hydroxyl groups excluding tert-OH is 1. The summed E-state index contributed by atoms with van der Waals surface area (Å²) >= 11 is 0. The number of halogens is 4. The van der Waals surface area contributed by atoms with Gasteiger partial charge in [0.25, 0.3) is 0 Å². The second-order valence-corrected chi connectivity index (χ2v) is 11.6. The molecule has 9 nitrogen and oxygen atoms in total. The number of fused-ring (bicyclic) bond motifs is 1. The van der Waals surface area contributed by atoms with Crippen LogP contribution in [-0.2, 0) is 22.7 Å². The quantitative estimate of drug-likeness (QED) is 0.273. The number of alkyl halides is 3. The Kier molecular flexibility index (Phi) is 6.61. The van der Waals surface area contributed by atoms with E-state index in [1.807, 2.05) is 10.6 Å². The summed E-state index contributed by atoms with van der Waals surface area (Å²) in [5, 5.41) is 10.1. The van der Waals surface area contributed by atoms with Crippen molar-refractivity contribution in [3.05, 3.63) is 71.6 Å². The zero-order valence-electron chi connectivity index (χ0n) is 23.4. The molecule has 2 amide bonds. The van der Waals surface area contributed by atoms with Gasteiger partial charge in [-0.05, 0) is 48.6 Å². The van der Waals surface area contributed by atoms with Crippen LogP contribution in [0.2, 0.25) is 0 Å². The monoisotopic (exact) mass is 609 g/mol. The minimum Gasteiger partial charge on any atom is -0.383 e. The third kappa shape index (κ3) is 4.57. The number of hydrogen-bond donors (Lipinski definition) is 1. The molecule has 1 unspecified atom stereocenters. The molecule has 0 bridgehead atoms. The Balaban J connectivity index is 1.22. The zero-order valence-corrected chi connectivity index (χ0v) is 23.4. The number of urea groups is 1. The summed E-state index contributed by atoms with van der Waals surface area (Å²) in [4.78, 5) is 47.3. The lowest BCUT2D eigenvalue weighted by Gasteiger charge is -2.37. The fourth-order valence-electron chi connectivity index (χ4n) is 6.81. The first-order valence-electron chi connectivity index (χ1n) is 14.3. The summed E-state index contributed by atoms with van der Waals surface area (Å²) in [6.45, 7) is 0.727. The summed E-state index contributed by atoms with van der Waals surface area (Å²) < 4.78 is 57.7. The van der Waals surface area contributed by atoms with Crippen LogP contribution >= 0.6 is 0 Å². The number of Topliss-reactive ketones (excluding diaryl/α,β-unsaturated/α-hetero) is 2. The molecule has 3 aliphatic rings. The zero-order chi connectivity index (χ0) is 30.9. The van der Waals surface area contributed by atoms with E-state index in [1.54, 1.807) is 35.1 Å². The van der Waals surface area contributed by atoms with E-state index in [4.69, 9.17) is 0 Å². The van der Waals surface area contributed by atoms with Gasteiger partial charge in [0.15, 0.2) is 17.7 Å². The number of allylic oxidation sites excluding steroid dienone is 2. The number of amides is 2. The van der Waals surface area contributed by atoms with Gasteiger partial charge >= 0.3 is 12.2 Å². The maximum absolute atomic E-state index is 15.1. The van der Waals surface area contributed by atoms with Crippen molar-refractivity contribution in [1.82, 2.24) is 23.8 Å². The van der Waals surface area contributed by atoms with Crippen molar-refractivity contribution in [1.29, 1.82) is 0 Å². The van der Waals surface area contributed by atoms with E-state index in [0.29, 0.717) is 39.9 Å². The van der Waals surface area contributed by atoms with Gasteiger partial charge in [-0.25, -0.2) is 14.2 Å². The van der Waals surface area contributed by atoms with E-state index >= 15 is 4.39 Å². The summed E-state index contributed by atoms with van der Waals surface area (Å²) in [6.07, 6.45) is -2.38. The van der Waals surface area contributed by atoms with E-state index in [2.05, 4.69) is 4.98 Å². The largest absolute Gasteiger partial charge is 0.414 e. The summed E-state index contributed by atoms with van der Waals surface area (Å²) in [6, 6.07) is 7.68. The lowest BCUT2D eigenvalue weighted by molar-refractivity contribution is -0.222. The molecule has 228 valence electrons. The number of carbonyl (C=O) groups excluding carboxylic acids is 3. The number of aliphatic hydroxyl groups is 1. The maximum Gasteiger partial charge on any atom is 0.414 e. The average Bonchev–Trinajstić information content (AvgIpc) is 3.61. The maximum atomic E-state index is 15.1. The lowest BCUT2D eigenvalue weighted by Crippen LogP contribution is -2.49. The van der Waals surface area contributed by atoms with Gasteiger partial charge < -0.3 is 19.5 Å². The predicted molar refractivity (Wildman–Crippen MR) is 151 cm³/mol. The van der Waals surface area contributed by atoms with Crippen molar-refractivity contribution in [2.24, 2.45) is 5.92 Å². The van der Waals surface area contributed by atoms with Crippen LogP contribution in [0.4, 0.5) is 22.4 Å². The number of imidazole rings is 1. The summed E-state index contributed by atoms with van der Waals surface area (Å²) in [5.74, 6) is -2.26. The number of pyridine rings is 1. The highest BCUT2D eigenvalue weighted by molar-refractivity contribution is 6.51. The number of benzene rings is 1. The third-order valence-electron chi connectivity index (χ3n) is 8.92. The molecule has 7 rings (SSSR count). The number of hydrogen-bond acceptors (Lipinski definition) is 5. The number of ketones is 2. The van der Waals surface area contributed by atoms with Gasteiger partial charge in [-0.1, -0.05) is 6.07 Å². The smallest absolute Gasteiger partial charge is 0.383 e. The van der Waals surface area contributed by atoms with Gasteiger partial charge in [-0.15, -0.1) is 0 Å². The first-order chi connectivity index (χ1) is 21.0. The molecule has 0 spiro atoms. The summed E-state index contributed by atoms with van der Waals surface area (Å²) in [5.41, 5.74) is 3.10. The SMILES string of the molecule is O=C1CC(=O)C(c2cnc3ccccn23)=C1c1cn2c3c(cc(F)cc13)CN(C(=O)N1CCC(C(O)C(F)(F)F)CC1)CC2. The number of rotatable bonds is 3. The van der Waals surface area contributed by atoms with Crippen LogP contribution in [0.5, 0.6) is 0 Å². The van der Waals surface area contributed by atoms with Crippen LogP contribution in [0, 0.1) is 11.7 Å². The van der Waals surface area contributed by atoms with Crippen molar-refractivity contribution < 1.29 is 37.1 Å². The first-order valence-corrected chi connectivity index (χ1v) is 14.3. The van der Waals surface area contributed by atoms with E-state index in [-0.39, 0.29) is 74.2 Å². The normalized spacial score (nSPS) is 19.0. The molecular weight excluding hydrogens is 582 g/mol. The fourth-order valence-corrected chi connectivity index (χ4v) is 6.81. The van der Waals surface area contributed by atoms with Crippen molar-refractivity contribution in [2.45, 2.75) is 44.6 Å². The van der Waals surface area contributed by atoms with E-state index in [1.165, 1.54) is 21.9 Å². The molecule has 5 heterocycles. The highest BCUT2D eigenvalue weighted by atomic mass is 19.4. The Hall–Kier alpha value is -4.52. The highest BCUT2D eigenvalue weighted by Gasteiger charge is 2.45. The molecule has 4 aromatic rings. The topological polar surface area (TPSA) is 100 Å². The van der Waals surface area contributed by atoms with Gasteiger partial charge in [0, 0.05) is 61.6 Å². The Morgan fingerprint density at radius 3 is 2.50 bits per heavy atom. The molecular formula is C31H27F4N5O4. The second-order valence-electron chi connectivity index (χ2n) is 11.6. The average molecular weight is 610 g/mol. The standard InChI is InChI=1S/C31H27F4N5O4/c32-19-11-18-15-39(30(44)37-7-4-17(5-8-37)29(43)31(33,34)35)10-9-38-16-21(20(12-19)28(18)38)26-23(41)13-24(42)27(26)22-14-36-25-3-1-2-6-40(22)25/h1-3,6,11-12,14,16-17,29,43H,4-5,7-10,13,15H2. The number of piperidine rings is 1. The number of likely N-dealkylation sites (tertiary alicyclic amines) is 1. The van der Waals surface area contributed by atoms with Crippen LogP contribution in [0.25, 0.3) is 27.7 Å². The van der Waals surface area contributed by atoms with Gasteiger partial charge in [0.2, 0.25) is 0 Å². The van der Waals surface area contributed by atoms with Crippen LogP contribution in [-0.4, -0.2) is 78.4 Å². The van der Waals surface area contributed by atoms with Crippen LogP contribution < -0.4 is 0 Å².